The van der Waals surface area contributed by atoms with Crippen molar-refractivity contribution in [3.63, 3.8) is 0 Å². The van der Waals surface area contributed by atoms with E-state index >= 15 is 0 Å². The highest BCUT2D eigenvalue weighted by Gasteiger charge is 2.22. The lowest BCUT2D eigenvalue weighted by atomic mass is 9.81. The van der Waals surface area contributed by atoms with Gasteiger partial charge in [0.15, 0.2) is 0 Å². The Labute approximate surface area is 133 Å². The smallest absolute Gasteiger partial charge is 0.0314 e. The van der Waals surface area contributed by atoms with Crippen molar-refractivity contribution >= 4 is 16.9 Å². The zero-order valence-electron chi connectivity index (χ0n) is 13.1. The summed E-state index contributed by atoms with van der Waals surface area (Å²) in [5.41, 5.74) is 3.10. The van der Waals surface area contributed by atoms with Gasteiger partial charge < -0.3 is 0 Å². The second-order valence-corrected chi connectivity index (χ2v) is 7.46. The van der Waals surface area contributed by atoms with Crippen LogP contribution in [0, 0.1) is 5.92 Å². The minimum Gasteiger partial charge on any atom is -0.141 e. The molecule has 3 rings (SSSR count). The summed E-state index contributed by atoms with van der Waals surface area (Å²) < 4.78 is 0. The van der Waals surface area contributed by atoms with Crippen molar-refractivity contribution < 1.29 is 0 Å². The molecule has 0 aromatic carbocycles. The zero-order valence-corrected chi connectivity index (χ0v) is 13.9. The second-order valence-electron chi connectivity index (χ2n) is 6.29. The van der Waals surface area contributed by atoms with Crippen LogP contribution in [-0.2, 0) is 6.42 Å². The van der Waals surface area contributed by atoms with E-state index in [1.165, 1.54) is 61.8 Å². The van der Waals surface area contributed by atoms with Gasteiger partial charge in [0, 0.05) is 9.75 Å². The average Bonchev–Trinajstić information content (AvgIpc) is 3.19. The first-order valence-corrected chi connectivity index (χ1v) is 9.38. The first-order valence-electron chi connectivity index (χ1n) is 8.56. The van der Waals surface area contributed by atoms with Crippen molar-refractivity contribution in [1.29, 1.82) is 0 Å². The SMILES string of the molecule is CCCCc1ccc(C(=C2C=CC=C2)C2CCCCC2)s1. The lowest BCUT2D eigenvalue weighted by Gasteiger charge is -2.25. The van der Waals surface area contributed by atoms with Crippen LogP contribution in [0.4, 0.5) is 0 Å². The van der Waals surface area contributed by atoms with Crippen LogP contribution in [0.2, 0.25) is 0 Å². The molecule has 0 aliphatic heterocycles. The monoisotopic (exact) mass is 298 g/mol. The van der Waals surface area contributed by atoms with Crippen LogP contribution in [0.3, 0.4) is 0 Å². The summed E-state index contributed by atoms with van der Waals surface area (Å²) in [7, 11) is 0. The highest BCUT2D eigenvalue weighted by Crippen LogP contribution is 2.41. The van der Waals surface area contributed by atoms with E-state index in [0.717, 1.165) is 5.92 Å². The molecule has 1 aromatic heterocycles. The Hall–Kier alpha value is -1.08. The van der Waals surface area contributed by atoms with Gasteiger partial charge in [0.2, 0.25) is 0 Å². The lowest BCUT2D eigenvalue weighted by Crippen LogP contribution is -2.09. The van der Waals surface area contributed by atoms with Crippen LogP contribution in [-0.4, -0.2) is 0 Å². The Morgan fingerprint density at radius 3 is 2.57 bits per heavy atom. The highest BCUT2D eigenvalue weighted by atomic mass is 32.1. The first-order chi connectivity index (χ1) is 10.4. The molecule has 0 atom stereocenters. The Balaban J connectivity index is 1.88. The topological polar surface area (TPSA) is 0 Å². The van der Waals surface area contributed by atoms with E-state index in [0.29, 0.717) is 0 Å². The zero-order chi connectivity index (χ0) is 14.5. The van der Waals surface area contributed by atoms with Crippen molar-refractivity contribution in [3.05, 3.63) is 51.8 Å². The van der Waals surface area contributed by atoms with Crippen molar-refractivity contribution in [1.82, 2.24) is 0 Å². The fraction of sp³-hybridized carbons (Fsp3) is 0.500. The van der Waals surface area contributed by atoms with Crippen molar-refractivity contribution in [3.8, 4) is 0 Å². The van der Waals surface area contributed by atoms with E-state index in [1.54, 1.807) is 10.5 Å². The van der Waals surface area contributed by atoms with E-state index < -0.39 is 0 Å². The van der Waals surface area contributed by atoms with Crippen LogP contribution in [0.5, 0.6) is 0 Å². The molecule has 0 saturated heterocycles. The van der Waals surface area contributed by atoms with Gasteiger partial charge in [-0.15, -0.1) is 11.3 Å². The van der Waals surface area contributed by atoms with Gasteiger partial charge in [0.25, 0.3) is 0 Å². The first kappa shape index (κ1) is 14.8. The highest BCUT2D eigenvalue weighted by molar-refractivity contribution is 7.13. The molecule has 2 aliphatic carbocycles. The third-order valence-corrected chi connectivity index (χ3v) is 5.87. The number of hydrogen-bond donors (Lipinski definition) is 0. The molecule has 112 valence electrons. The molecule has 0 bridgehead atoms. The Morgan fingerprint density at radius 2 is 1.86 bits per heavy atom. The summed E-state index contributed by atoms with van der Waals surface area (Å²) in [6.45, 7) is 2.28. The lowest BCUT2D eigenvalue weighted by molar-refractivity contribution is 0.429. The van der Waals surface area contributed by atoms with Gasteiger partial charge >= 0.3 is 0 Å². The standard InChI is InChI=1S/C20H26S/c1-2-3-13-18-14-15-19(21-18)20(17-11-7-8-12-17)16-9-5-4-6-10-16/h7-8,11-12,14-16H,2-6,9-10,13H2,1H3. The van der Waals surface area contributed by atoms with Gasteiger partial charge in [-0.25, -0.2) is 0 Å². The van der Waals surface area contributed by atoms with Crippen molar-refractivity contribution in [2.24, 2.45) is 5.92 Å². The molecule has 0 spiro atoms. The average molecular weight is 298 g/mol. The fourth-order valence-electron chi connectivity index (χ4n) is 3.53. The van der Waals surface area contributed by atoms with Gasteiger partial charge in [-0.2, -0.15) is 0 Å². The van der Waals surface area contributed by atoms with E-state index in [9.17, 15) is 0 Å². The third-order valence-electron chi connectivity index (χ3n) is 4.69. The largest absolute Gasteiger partial charge is 0.141 e. The predicted octanol–water partition coefficient (Wildman–Crippen LogP) is 6.55. The summed E-state index contributed by atoms with van der Waals surface area (Å²) >= 11 is 2.04. The van der Waals surface area contributed by atoms with E-state index in [-0.39, 0.29) is 0 Å². The molecule has 0 unspecified atom stereocenters. The van der Waals surface area contributed by atoms with Gasteiger partial charge in [0.05, 0.1) is 0 Å². The predicted molar refractivity (Wildman–Crippen MR) is 94.7 cm³/mol. The maximum Gasteiger partial charge on any atom is 0.0314 e. The van der Waals surface area contributed by atoms with Crippen molar-refractivity contribution in [2.75, 3.05) is 0 Å². The number of aryl methyl sites for hydroxylation is 1. The van der Waals surface area contributed by atoms with Gasteiger partial charge in [-0.1, -0.05) is 56.9 Å². The minimum atomic E-state index is 0.777. The molecule has 2 aliphatic rings. The molecule has 0 N–H and O–H groups in total. The number of hydrogen-bond acceptors (Lipinski definition) is 1. The molecule has 1 heterocycles. The van der Waals surface area contributed by atoms with Gasteiger partial charge in [0.1, 0.15) is 0 Å². The maximum absolute atomic E-state index is 2.38. The number of rotatable bonds is 5. The van der Waals surface area contributed by atoms with Crippen LogP contribution in [0.1, 0.15) is 61.6 Å². The minimum absolute atomic E-state index is 0.777. The molecule has 0 amide bonds. The molecular weight excluding hydrogens is 272 g/mol. The quantitative estimate of drug-likeness (QED) is 0.578. The molecule has 1 heteroatoms. The Morgan fingerprint density at radius 1 is 1.10 bits per heavy atom. The van der Waals surface area contributed by atoms with Crippen LogP contribution in [0.25, 0.3) is 5.57 Å². The summed E-state index contributed by atoms with van der Waals surface area (Å²) in [6.07, 6.45) is 19.8. The summed E-state index contributed by atoms with van der Waals surface area (Å²) in [5, 5.41) is 0. The molecule has 0 nitrogen and oxygen atoms in total. The van der Waals surface area contributed by atoms with Crippen LogP contribution < -0.4 is 0 Å². The summed E-state index contributed by atoms with van der Waals surface area (Å²) in [4.78, 5) is 3.09. The molecular formula is C20H26S. The van der Waals surface area contributed by atoms with Crippen LogP contribution in [0.15, 0.2) is 42.0 Å². The summed E-state index contributed by atoms with van der Waals surface area (Å²) in [5.74, 6) is 0.777. The molecule has 1 aromatic rings. The molecule has 1 saturated carbocycles. The number of thiophene rings is 1. The van der Waals surface area contributed by atoms with E-state index in [1.807, 2.05) is 11.3 Å². The normalized spacial score (nSPS) is 18.6. The molecule has 0 radical (unpaired) electrons. The van der Waals surface area contributed by atoms with Crippen LogP contribution >= 0.6 is 11.3 Å². The molecule has 21 heavy (non-hydrogen) atoms. The van der Waals surface area contributed by atoms with Gasteiger partial charge in [-0.05, 0) is 54.9 Å². The molecule has 1 fully saturated rings. The Bertz CT molecular complexity index is 536. The van der Waals surface area contributed by atoms with E-state index in [4.69, 9.17) is 0 Å². The fourth-order valence-corrected chi connectivity index (χ4v) is 4.73. The summed E-state index contributed by atoms with van der Waals surface area (Å²) in [6, 6.07) is 4.74. The third kappa shape index (κ3) is 3.58. The van der Waals surface area contributed by atoms with Crippen molar-refractivity contribution in [2.45, 2.75) is 58.3 Å². The maximum atomic E-state index is 2.38. The van der Waals surface area contributed by atoms with Gasteiger partial charge in [-0.3, -0.25) is 0 Å². The second kappa shape index (κ2) is 7.26. The number of unbranched alkanes of at least 4 members (excludes halogenated alkanes) is 1. The van der Waals surface area contributed by atoms with E-state index in [2.05, 4.69) is 43.4 Å². The number of allylic oxidation sites excluding steroid dienone is 6. The Kier molecular flexibility index (Phi) is 5.13.